The molecule has 0 radical (unpaired) electrons. The number of rotatable bonds is 6. The highest BCUT2D eigenvalue weighted by Crippen LogP contribution is 2.18. The maximum atomic E-state index is 6.14. The molecule has 0 aliphatic carbocycles. The standard InChI is InChI=1S/C16H17Cl2N/c17-10-4-6-13-5-3-8-15(11-13)19-12-14-7-1-2-9-16(14)18/h1-3,5,7-9,11,19H,4,6,10,12H2. The molecule has 0 aliphatic rings. The molecule has 0 heterocycles. The molecular weight excluding hydrogens is 277 g/mol. The van der Waals surface area contributed by atoms with Gasteiger partial charge in [0.25, 0.3) is 0 Å². The van der Waals surface area contributed by atoms with Crippen molar-refractivity contribution in [2.24, 2.45) is 0 Å². The number of aryl methyl sites for hydroxylation is 1. The Balaban J connectivity index is 1.98. The number of alkyl halides is 1. The zero-order chi connectivity index (χ0) is 13.5. The van der Waals surface area contributed by atoms with E-state index < -0.39 is 0 Å². The molecule has 3 heteroatoms. The van der Waals surface area contributed by atoms with E-state index in [-0.39, 0.29) is 0 Å². The number of benzene rings is 2. The van der Waals surface area contributed by atoms with Crippen LogP contribution in [-0.4, -0.2) is 5.88 Å². The first-order chi connectivity index (χ1) is 9.29. The van der Waals surface area contributed by atoms with E-state index in [1.54, 1.807) is 0 Å². The Kier molecular flexibility index (Phi) is 5.56. The smallest absolute Gasteiger partial charge is 0.0455 e. The largest absolute Gasteiger partial charge is 0.381 e. The second kappa shape index (κ2) is 7.42. The van der Waals surface area contributed by atoms with Crippen molar-refractivity contribution in [3.8, 4) is 0 Å². The minimum Gasteiger partial charge on any atom is -0.381 e. The van der Waals surface area contributed by atoms with Crippen LogP contribution in [0, 0.1) is 0 Å². The molecule has 0 bridgehead atoms. The van der Waals surface area contributed by atoms with Gasteiger partial charge in [0, 0.05) is 23.1 Å². The van der Waals surface area contributed by atoms with Gasteiger partial charge in [-0.1, -0.05) is 41.9 Å². The average Bonchev–Trinajstić information content (AvgIpc) is 2.45. The van der Waals surface area contributed by atoms with Gasteiger partial charge in [0.05, 0.1) is 0 Å². The Morgan fingerprint density at radius 2 is 1.84 bits per heavy atom. The monoisotopic (exact) mass is 293 g/mol. The predicted octanol–water partition coefficient (Wildman–Crippen LogP) is 5.12. The summed E-state index contributed by atoms with van der Waals surface area (Å²) in [6.07, 6.45) is 2.03. The van der Waals surface area contributed by atoms with Gasteiger partial charge in [-0.2, -0.15) is 0 Å². The zero-order valence-corrected chi connectivity index (χ0v) is 12.2. The van der Waals surface area contributed by atoms with Gasteiger partial charge in [-0.05, 0) is 42.2 Å². The molecule has 2 aromatic rings. The lowest BCUT2D eigenvalue weighted by atomic mass is 10.1. The maximum absolute atomic E-state index is 6.14. The van der Waals surface area contributed by atoms with Crippen molar-refractivity contribution in [2.75, 3.05) is 11.2 Å². The van der Waals surface area contributed by atoms with Crippen LogP contribution in [0.4, 0.5) is 5.69 Å². The number of nitrogens with one attached hydrogen (secondary N) is 1. The topological polar surface area (TPSA) is 12.0 Å². The summed E-state index contributed by atoms with van der Waals surface area (Å²) in [6.45, 7) is 0.735. The summed E-state index contributed by atoms with van der Waals surface area (Å²) in [5, 5.41) is 4.20. The van der Waals surface area contributed by atoms with E-state index in [4.69, 9.17) is 23.2 Å². The lowest BCUT2D eigenvalue weighted by molar-refractivity contribution is 0.928. The van der Waals surface area contributed by atoms with Crippen molar-refractivity contribution in [3.63, 3.8) is 0 Å². The molecule has 2 aromatic carbocycles. The highest BCUT2D eigenvalue weighted by atomic mass is 35.5. The van der Waals surface area contributed by atoms with Crippen LogP contribution in [-0.2, 0) is 13.0 Å². The van der Waals surface area contributed by atoms with Crippen LogP contribution < -0.4 is 5.32 Å². The van der Waals surface area contributed by atoms with Gasteiger partial charge in [0.2, 0.25) is 0 Å². The number of hydrogen-bond donors (Lipinski definition) is 1. The van der Waals surface area contributed by atoms with E-state index in [1.807, 2.05) is 24.3 Å². The summed E-state index contributed by atoms with van der Waals surface area (Å²) in [7, 11) is 0. The molecule has 0 aliphatic heterocycles. The summed E-state index contributed by atoms with van der Waals surface area (Å²) < 4.78 is 0. The second-order valence-electron chi connectivity index (χ2n) is 4.44. The Hall–Kier alpha value is -1.18. The van der Waals surface area contributed by atoms with Crippen molar-refractivity contribution in [1.29, 1.82) is 0 Å². The third-order valence-electron chi connectivity index (χ3n) is 2.97. The quantitative estimate of drug-likeness (QED) is 0.729. The molecule has 0 amide bonds. The Bertz CT molecular complexity index is 526. The van der Waals surface area contributed by atoms with E-state index in [2.05, 4.69) is 29.6 Å². The van der Waals surface area contributed by atoms with E-state index in [0.717, 1.165) is 35.7 Å². The number of hydrogen-bond acceptors (Lipinski definition) is 1. The molecule has 1 N–H and O–H groups in total. The van der Waals surface area contributed by atoms with Crippen LogP contribution in [0.3, 0.4) is 0 Å². The van der Waals surface area contributed by atoms with Crippen molar-refractivity contribution in [3.05, 3.63) is 64.7 Å². The van der Waals surface area contributed by atoms with Gasteiger partial charge in [-0.15, -0.1) is 11.6 Å². The average molecular weight is 294 g/mol. The van der Waals surface area contributed by atoms with E-state index >= 15 is 0 Å². The first-order valence-corrected chi connectivity index (χ1v) is 7.33. The molecule has 0 spiro atoms. The van der Waals surface area contributed by atoms with Crippen molar-refractivity contribution < 1.29 is 0 Å². The molecule has 0 saturated heterocycles. The minimum atomic E-state index is 0.706. The lowest BCUT2D eigenvalue weighted by Crippen LogP contribution is -2.00. The number of halogens is 2. The van der Waals surface area contributed by atoms with Gasteiger partial charge < -0.3 is 5.32 Å². The Labute approximate surface area is 124 Å². The molecule has 1 nitrogen and oxygen atoms in total. The first-order valence-electron chi connectivity index (χ1n) is 6.42. The third kappa shape index (κ3) is 4.45. The van der Waals surface area contributed by atoms with Crippen LogP contribution in [0.5, 0.6) is 0 Å². The lowest BCUT2D eigenvalue weighted by Gasteiger charge is -2.09. The Morgan fingerprint density at radius 1 is 1.00 bits per heavy atom. The zero-order valence-electron chi connectivity index (χ0n) is 10.7. The second-order valence-corrected chi connectivity index (χ2v) is 5.22. The molecule has 0 unspecified atom stereocenters. The van der Waals surface area contributed by atoms with E-state index in [0.29, 0.717) is 5.88 Å². The third-order valence-corrected chi connectivity index (χ3v) is 3.60. The van der Waals surface area contributed by atoms with Crippen LogP contribution in [0.15, 0.2) is 48.5 Å². The molecule has 2 rings (SSSR count). The van der Waals surface area contributed by atoms with E-state index in [1.165, 1.54) is 5.56 Å². The summed E-state index contributed by atoms with van der Waals surface area (Å²) in [5.41, 5.74) is 3.53. The summed E-state index contributed by atoms with van der Waals surface area (Å²) in [4.78, 5) is 0. The van der Waals surface area contributed by atoms with Gasteiger partial charge in [-0.3, -0.25) is 0 Å². The summed E-state index contributed by atoms with van der Waals surface area (Å²) >= 11 is 11.9. The van der Waals surface area contributed by atoms with Crippen molar-refractivity contribution in [1.82, 2.24) is 0 Å². The minimum absolute atomic E-state index is 0.706. The van der Waals surface area contributed by atoms with Crippen LogP contribution in [0.1, 0.15) is 17.5 Å². The van der Waals surface area contributed by atoms with Gasteiger partial charge in [0.15, 0.2) is 0 Å². The van der Waals surface area contributed by atoms with Gasteiger partial charge >= 0.3 is 0 Å². The molecule has 0 fully saturated rings. The number of anilines is 1. The van der Waals surface area contributed by atoms with E-state index in [9.17, 15) is 0 Å². The highest BCUT2D eigenvalue weighted by Gasteiger charge is 2.00. The fraction of sp³-hybridized carbons (Fsp3) is 0.250. The molecule has 0 aromatic heterocycles. The van der Waals surface area contributed by atoms with Crippen LogP contribution >= 0.6 is 23.2 Å². The van der Waals surface area contributed by atoms with Gasteiger partial charge in [-0.25, -0.2) is 0 Å². The molecule has 19 heavy (non-hydrogen) atoms. The van der Waals surface area contributed by atoms with Crippen LogP contribution in [0.2, 0.25) is 5.02 Å². The fourth-order valence-electron chi connectivity index (χ4n) is 1.95. The van der Waals surface area contributed by atoms with Gasteiger partial charge in [0.1, 0.15) is 0 Å². The van der Waals surface area contributed by atoms with Crippen LogP contribution in [0.25, 0.3) is 0 Å². The Morgan fingerprint density at radius 3 is 2.63 bits per heavy atom. The summed E-state index contributed by atoms with van der Waals surface area (Å²) in [5.74, 6) is 0.706. The fourth-order valence-corrected chi connectivity index (χ4v) is 2.28. The SMILES string of the molecule is ClCCCc1cccc(NCc2ccccc2Cl)c1. The molecule has 0 atom stereocenters. The first kappa shape index (κ1) is 14.2. The molecular formula is C16H17Cl2N. The van der Waals surface area contributed by atoms with Crippen molar-refractivity contribution >= 4 is 28.9 Å². The maximum Gasteiger partial charge on any atom is 0.0455 e. The van der Waals surface area contributed by atoms with Crippen molar-refractivity contribution in [2.45, 2.75) is 19.4 Å². The normalized spacial score (nSPS) is 10.4. The summed E-state index contributed by atoms with van der Waals surface area (Å²) in [6, 6.07) is 16.3. The predicted molar refractivity (Wildman–Crippen MR) is 84.3 cm³/mol. The highest BCUT2D eigenvalue weighted by molar-refractivity contribution is 6.31. The molecule has 0 saturated carbocycles. The molecule has 100 valence electrons.